The third-order valence-corrected chi connectivity index (χ3v) is 4.56. The predicted octanol–water partition coefficient (Wildman–Crippen LogP) is 5.20. The molecule has 1 heterocycles. The number of nitrogens with zero attached hydrogens (tertiary/aromatic N) is 2. The molecule has 0 fully saturated rings. The van der Waals surface area contributed by atoms with E-state index < -0.39 is 11.8 Å². The van der Waals surface area contributed by atoms with Crippen LogP contribution in [0.1, 0.15) is 36.4 Å². The molecule has 0 aliphatic carbocycles. The predicted molar refractivity (Wildman–Crippen MR) is 104 cm³/mol. The zero-order chi connectivity index (χ0) is 20.1. The summed E-state index contributed by atoms with van der Waals surface area (Å²) >= 11 is 5.92. The van der Waals surface area contributed by atoms with Crippen LogP contribution in [-0.2, 0) is 22.7 Å². The Labute approximate surface area is 163 Å². The molecule has 1 aromatic heterocycles. The number of halogens is 2. The summed E-state index contributed by atoms with van der Waals surface area (Å²) in [6.07, 6.45) is 1.50. The van der Waals surface area contributed by atoms with Crippen molar-refractivity contribution in [2.75, 3.05) is 0 Å². The van der Waals surface area contributed by atoms with Crippen molar-refractivity contribution in [3.8, 4) is 6.07 Å². The van der Waals surface area contributed by atoms with Gasteiger partial charge in [-0.3, -0.25) is 0 Å². The molecule has 0 bridgehead atoms. The minimum absolute atomic E-state index is 0.0833. The molecule has 0 radical (unpaired) electrons. The first kappa shape index (κ1) is 20.7. The number of nitriles is 1. The van der Waals surface area contributed by atoms with E-state index in [-0.39, 0.29) is 22.8 Å². The van der Waals surface area contributed by atoms with Gasteiger partial charge in [-0.1, -0.05) is 31.5 Å². The highest BCUT2D eigenvalue weighted by Gasteiger charge is 2.16. The minimum Gasteiger partial charge on any atom is -0.457 e. The number of esters is 1. The number of aromatic nitrogens is 1. The molecule has 6 heteroatoms. The summed E-state index contributed by atoms with van der Waals surface area (Å²) in [6.45, 7) is 8.69. The van der Waals surface area contributed by atoms with E-state index in [2.05, 4.69) is 18.4 Å². The summed E-state index contributed by atoms with van der Waals surface area (Å²) in [4.78, 5) is 12.3. The van der Waals surface area contributed by atoms with Gasteiger partial charge in [0.25, 0.3) is 0 Å². The van der Waals surface area contributed by atoms with Crippen molar-refractivity contribution >= 4 is 23.6 Å². The molecule has 0 saturated heterocycles. The van der Waals surface area contributed by atoms with Crippen LogP contribution < -0.4 is 0 Å². The van der Waals surface area contributed by atoms with Crippen LogP contribution in [0.15, 0.2) is 29.8 Å². The highest BCUT2D eigenvalue weighted by atomic mass is 35.5. The molecule has 142 valence electrons. The van der Waals surface area contributed by atoms with Crippen LogP contribution in [0.25, 0.3) is 6.08 Å². The topological polar surface area (TPSA) is 55.0 Å². The lowest BCUT2D eigenvalue weighted by atomic mass is 10.1. The van der Waals surface area contributed by atoms with Gasteiger partial charge in [0.1, 0.15) is 24.1 Å². The molecule has 0 spiro atoms. The summed E-state index contributed by atoms with van der Waals surface area (Å²) in [5, 5.41) is 9.52. The largest absolute Gasteiger partial charge is 0.457 e. The van der Waals surface area contributed by atoms with Crippen molar-refractivity contribution in [2.45, 2.75) is 40.8 Å². The molecule has 0 amide bonds. The molecule has 2 rings (SSSR count). The summed E-state index contributed by atoms with van der Waals surface area (Å²) in [6, 6.07) is 8.01. The Bertz CT molecular complexity index is 903. The SMILES string of the molecule is Cc1cc(/C=C(\C#N)C(=O)OCc2c(F)cccc2Cl)c(C)n1CC(C)C. The molecular formula is C21H22ClFN2O2. The smallest absolute Gasteiger partial charge is 0.349 e. The third kappa shape index (κ3) is 4.99. The van der Waals surface area contributed by atoms with Gasteiger partial charge in [0, 0.05) is 23.5 Å². The standard InChI is InChI=1S/C21H22ClFN2O2/c1-13(2)11-25-14(3)8-16(15(25)4)9-17(10-24)21(26)27-12-18-19(22)6-5-7-20(18)23/h5-9,13H,11-12H2,1-4H3/b17-9+. The molecule has 0 aliphatic heterocycles. The first-order valence-electron chi connectivity index (χ1n) is 8.63. The van der Waals surface area contributed by atoms with Crippen LogP contribution in [0.2, 0.25) is 5.02 Å². The van der Waals surface area contributed by atoms with Crippen LogP contribution in [0, 0.1) is 36.9 Å². The first-order valence-corrected chi connectivity index (χ1v) is 9.01. The Hall–Kier alpha value is -2.58. The van der Waals surface area contributed by atoms with Crippen molar-refractivity contribution < 1.29 is 13.9 Å². The van der Waals surface area contributed by atoms with Gasteiger partial charge in [0.2, 0.25) is 0 Å². The summed E-state index contributed by atoms with van der Waals surface area (Å²) < 4.78 is 21.0. The van der Waals surface area contributed by atoms with Crippen molar-refractivity contribution in [1.82, 2.24) is 4.57 Å². The van der Waals surface area contributed by atoms with Crippen LogP contribution in [0.5, 0.6) is 0 Å². The molecule has 0 N–H and O–H groups in total. The number of hydrogen-bond acceptors (Lipinski definition) is 3. The molecule has 2 aromatic rings. The van der Waals surface area contributed by atoms with E-state index in [9.17, 15) is 14.4 Å². The van der Waals surface area contributed by atoms with Crippen molar-refractivity contribution in [3.05, 3.63) is 63.2 Å². The van der Waals surface area contributed by atoms with E-state index in [4.69, 9.17) is 16.3 Å². The summed E-state index contributed by atoms with van der Waals surface area (Å²) in [5.74, 6) is -0.905. The quantitative estimate of drug-likeness (QED) is 0.388. The molecule has 0 atom stereocenters. The van der Waals surface area contributed by atoms with E-state index in [1.165, 1.54) is 24.3 Å². The van der Waals surface area contributed by atoms with Gasteiger partial charge in [0.05, 0.1) is 5.02 Å². The highest BCUT2D eigenvalue weighted by Crippen LogP contribution is 2.22. The lowest BCUT2D eigenvalue weighted by Crippen LogP contribution is -2.09. The van der Waals surface area contributed by atoms with Gasteiger partial charge < -0.3 is 9.30 Å². The number of carbonyl (C=O) groups is 1. The van der Waals surface area contributed by atoms with E-state index in [1.54, 1.807) is 0 Å². The van der Waals surface area contributed by atoms with Crippen LogP contribution in [0.4, 0.5) is 4.39 Å². The van der Waals surface area contributed by atoms with Crippen LogP contribution in [-0.4, -0.2) is 10.5 Å². The Kier molecular flexibility index (Phi) is 6.81. The normalized spacial score (nSPS) is 11.6. The molecule has 27 heavy (non-hydrogen) atoms. The van der Waals surface area contributed by atoms with Gasteiger partial charge >= 0.3 is 5.97 Å². The van der Waals surface area contributed by atoms with Gasteiger partial charge in [-0.05, 0) is 49.6 Å². The molecule has 0 unspecified atom stereocenters. The maximum atomic E-state index is 13.8. The van der Waals surface area contributed by atoms with Gasteiger partial charge in [-0.15, -0.1) is 0 Å². The third-order valence-electron chi connectivity index (χ3n) is 4.21. The summed E-state index contributed by atoms with van der Waals surface area (Å²) in [7, 11) is 0. The van der Waals surface area contributed by atoms with Crippen molar-refractivity contribution in [3.63, 3.8) is 0 Å². The van der Waals surface area contributed by atoms with E-state index in [0.29, 0.717) is 5.92 Å². The maximum absolute atomic E-state index is 13.8. The Balaban J connectivity index is 2.21. The second-order valence-corrected chi connectivity index (χ2v) is 7.18. The maximum Gasteiger partial charge on any atom is 0.349 e. The van der Waals surface area contributed by atoms with Crippen molar-refractivity contribution in [1.29, 1.82) is 5.26 Å². The molecular weight excluding hydrogens is 367 g/mol. The van der Waals surface area contributed by atoms with E-state index >= 15 is 0 Å². The molecule has 0 aliphatic rings. The number of benzene rings is 1. The van der Waals surface area contributed by atoms with Gasteiger partial charge in [-0.25, -0.2) is 9.18 Å². The lowest BCUT2D eigenvalue weighted by molar-refractivity contribution is -0.139. The molecule has 1 aromatic carbocycles. The number of carbonyl (C=O) groups excluding carboxylic acids is 1. The minimum atomic E-state index is -0.814. The number of hydrogen-bond donors (Lipinski definition) is 0. The highest BCUT2D eigenvalue weighted by molar-refractivity contribution is 6.31. The average Bonchev–Trinajstić information content (AvgIpc) is 2.86. The Morgan fingerprint density at radius 3 is 2.70 bits per heavy atom. The Morgan fingerprint density at radius 2 is 2.11 bits per heavy atom. The van der Waals surface area contributed by atoms with E-state index in [1.807, 2.05) is 26.0 Å². The zero-order valence-electron chi connectivity index (χ0n) is 15.8. The fraction of sp³-hybridized carbons (Fsp3) is 0.333. The second kappa shape index (κ2) is 8.88. The summed E-state index contributed by atoms with van der Waals surface area (Å²) in [5.41, 5.74) is 2.74. The molecule has 4 nitrogen and oxygen atoms in total. The number of rotatable bonds is 6. The van der Waals surface area contributed by atoms with Crippen LogP contribution in [0.3, 0.4) is 0 Å². The lowest BCUT2D eigenvalue weighted by Gasteiger charge is -2.12. The molecule has 0 saturated carbocycles. The monoisotopic (exact) mass is 388 g/mol. The van der Waals surface area contributed by atoms with Gasteiger partial charge in [-0.2, -0.15) is 5.26 Å². The number of ether oxygens (including phenoxy) is 1. The van der Waals surface area contributed by atoms with Crippen molar-refractivity contribution in [2.24, 2.45) is 5.92 Å². The number of aryl methyl sites for hydroxylation is 1. The fourth-order valence-corrected chi connectivity index (χ4v) is 3.02. The zero-order valence-corrected chi connectivity index (χ0v) is 16.6. The van der Waals surface area contributed by atoms with E-state index in [0.717, 1.165) is 23.5 Å². The Morgan fingerprint density at radius 1 is 1.41 bits per heavy atom. The van der Waals surface area contributed by atoms with Crippen LogP contribution >= 0.6 is 11.6 Å². The first-order chi connectivity index (χ1) is 12.7. The second-order valence-electron chi connectivity index (χ2n) is 6.78. The average molecular weight is 389 g/mol. The fourth-order valence-electron chi connectivity index (χ4n) is 2.80. The van der Waals surface area contributed by atoms with Gasteiger partial charge in [0.15, 0.2) is 0 Å².